The van der Waals surface area contributed by atoms with Crippen LogP contribution in [-0.4, -0.2) is 31.4 Å². The van der Waals surface area contributed by atoms with Crippen LogP contribution in [0.5, 0.6) is 0 Å². The molecule has 0 heterocycles. The molecule has 0 aromatic heterocycles. The number of aryl methyl sites for hydroxylation is 2. The molecule has 0 radical (unpaired) electrons. The molecule has 3 aromatic rings. The predicted molar refractivity (Wildman–Crippen MR) is 122 cm³/mol. The maximum atomic E-state index is 13.2. The molecule has 0 aliphatic carbocycles. The Morgan fingerprint density at radius 3 is 2.32 bits per heavy atom. The van der Waals surface area contributed by atoms with Gasteiger partial charge in [0.25, 0.3) is 5.91 Å². The number of hydrogen-bond donors (Lipinski definition) is 1. The highest BCUT2D eigenvalue weighted by atomic mass is 32.2. The highest BCUT2D eigenvalue weighted by Crippen LogP contribution is 2.18. The smallest absolute Gasteiger partial charge is 0.255 e. The van der Waals surface area contributed by atoms with Gasteiger partial charge in [-0.3, -0.25) is 4.79 Å². The quantitative estimate of drug-likeness (QED) is 0.433. The fourth-order valence-electron chi connectivity index (χ4n) is 2.99. The zero-order valence-electron chi connectivity index (χ0n) is 17.5. The van der Waals surface area contributed by atoms with Crippen LogP contribution in [-0.2, 0) is 21.4 Å². The Labute approximate surface area is 183 Å². The first-order chi connectivity index (χ1) is 14.8. The summed E-state index contributed by atoms with van der Waals surface area (Å²) in [6.45, 7) is 3.65. The topological polar surface area (TPSA) is 78.8 Å². The summed E-state index contributed by atoms with van der Waals surface area (Å²) in [4.78, 5) is 12.6. The Balaban J connectivity index is 1.77. The molecule has 3 rings (SSSR count). The van der Waals surface area contributed by atoms with Gasteiger partial charge in [0, 0.05) is 6.54 Å². The van der Waals surface area contributed by atoms with Crippen molar-refractivity contribution in [3.63, 3.8) is 0 Å². The first kappa shape index (κ1) is 22.4. The highest BCUT2D eigenvalue weighted by molar-refractivity contribution is 7.89. The number of benzene rings is 3. The molecule has 0 aliphatic heterocycles. The molecule has 1 N–H and O–H groups in total. The van der Waals surface area contributed by atoms with Gasteiger partial charge in [0.2, 0.25) is 10.0 Å². The first-order valence-corrected chi connectivity index (χ1v) is 11.3. The number of nitrogens with one attached hydrogen (secondary N) is 1. The van der Waals surface area contributed by atoms with Gasteiger partial charge in [0.05, 0.1) is 17.7 Å². The van der Waals surface area contributed by atoms with Crippen molar-refractivity contribution >= 4 is 22.1 Å². The maximum Gasteiger partial charge on any atom is 0.255 e. The number of amides is 1. The zero-order valence-corrected chi connectivity index (χ0v) is 18.3. The van der Waals surface area contributed by atoms with Gasteiger partial charge in [-0.15, -0.1) is 0 Å². The summed E-state index contributed by atoms with van der Waals surface area (Å²) in [6.07, 6.45) is 1.53. The zero-order chi connectivity index (χ0) is 22.3. The van der Waals surface area contributed by atoms with Gasteiger partial charge in [-0.1, -0.05) is 77.9 Å². The first-order valence-electron chi connectivity index (χ1n) is 9.84. The summed E-state index contributed by atoms with van der Waals surface area (Å²) in [5, 5.41) is 3.96. The lowest BCUT2D eigenvalue weighted by Crippen LogP contribution is -2.39. The van der Waals surface area contributed by atoms with E-state index in [2.05, 4.69) is 10.5 Å². The van der Waals surface area contributed by atoms with E-state index in [4.69, 9.17) is 0 Å². The van der Waals surface area contributed by atoms with E-state index in [0.717, 1.165) is 26.6 Å². The molecule has 1 amide bonds. The van der Waals surface area contributed by atoms with Crippen LogP contribution in [0.2, 0.25) is 0 Å². The number of carbonyl (C=O) groups is 1. The standard InChI is InChI=1S/C24H25N3O3S/c1-19-11-13-21(14-12-19)17-27(31(29,30)23-9-4-3-5-10-23)18-24(28)26-25-16-22-8-6-7-20(2)15-22/h3-16H,17-18H2,1-2H3,(H,26,28)/b25-16-. The van der Waals surface area contributed by atoms with E-state index in [-0.39, 0.29) is 18.0 Å². The minimum atomic E-state index is -3.87. The summed E-state index contributed by atoms with van der Waals surface area (Å²) in [7, 11) is -3.87. The second-order valence-electron chi connectivity index (χ2n) is 7.28. The molecule has 0 saturated carbocycles. The monoisotopic (exact) mass is 435 g/mol. The molecule has 0 fully saturated rings. The number of nitrogens with zero attached hydrogens (tertiary/aromatic N) is 2. The van der Waals surface area contributed by atoms with Crippen molar-refractivity contribution < 1.29 is 13.2 Å². The minimum Gasteiger partial charge on any atom is -0.272 e. The minimum absolute atomic E-state index is 0.0759. The van der Waals surface area contributed by atoms with Crippen LogP contribution in [0.15, 0.2) is 88.9 Å². The predicted octanol–water partition coefficient (Wildman–Crippen LogP) is 3.64. The highest BCUT2D eigenvalue weighted by Gasteiger charge is 2.26. The van der Waals surface area contributed by atoms with Crippen LogP contribution in [0, 0.1) is 13.8 Å². The van der Waals surface area contributed by atoms with Crippen molar-refractivity contribution in [3.8, 4) is 0 Å². The third-order valence-electron chi connectivity index (χ3n) is 4.63. The number of carbonyl (C=O) groups excluding carboxylic acids is 1. The number of rotatable bonds is 8. The van der Waals surface area contributed by atoms with Gasteiger partial charge in [-0.05, 0) is 37.1 Å². The van der Waals surface area contributed by atoms with Crippen molar-refractivity contribution in [2.45, 2.75) is 25.3 Å². The molecule has 0 aliphatic rings. The Morgan fingerprint density at radius 2 is 1.65 bits per heavy atom. The molecule has 160 valence electrons. The van der Waals surface area contributed by atoms with Crippen molar-refractivity contribution in [3.05, 3.63) is 101 Å². The Kier molecular flexibility index (Phi) is 7.33. The molecule has 31 heavy (non-hydrogen) atoms. The van der Waals surface area contributed by atoms with Crippen molar-refractivity contribution in [2.75, 3.05) is 6.54 Å². The summed E-state index contributed by atoms with van der Waals surface area (Å²) < 4.78 is 27.5. The molecule has 0 unspecified atom stereocenters. The number of hydrogen-bond acceptors (Lipinski definition) is 4. The van der Waals surface area contributed by atoms with Crippen LogP contribution >= 0.6 is 0 Å². The molecular weight excluding hydrogens is 410 g/mol. The molecule has 3 aromatic carbocycles. The van der Waals surface area contributed by atoms with Crippen LogP contribution in [0.3, 0.4) is 0 Å². The van der Waals surface area contributed by atoms with E-state index in [1.165, 1.54) is 18.3 Å². The van der Waals surface area contributed by atoms with E-state index in [1.807, 2.05) is 62.4 Å². The summed E-state index contributed by atoms with van der Waals surface area (Å²) >= 11 is 0. The lowest BCUT2D eigenvalue weighted by atomic mass is 10.1. The largest absolute Gasteiger partial charge is 0.272 e. The SMILES string of the molecule is Cc1ccc(CN(CC(=O)N/N=C\c2cccc(C)c2)S(=O)(=O)c2ccccc2)cc1. The molecule has 0 saturated heterocycles. The Morgan fingerprint density at radius 1 is 0.935 bits per heavy atom. The fourth-order valence-corrected chi connectivity index (χ4v) is 4.39. The summed E-state index contributed by atoms with van der Waals surface area (Å²) in [5.74, 6) is -0.518. The summed E-state index contributed by atoms with van der Waals surface area (Å²) in [6, 6.07) is 23.3. The molecule has 0 spiro atoms. The third-order valence-corrected chi connectivity index (χ3v) is 6.43. The number of hydrazone groups is 1. The molecule has 0 atom stereocenters. The third kappa shape index (κ3) is 6.34. The van der Waals surface area contributed by atoms with Crippen molar-refractivity contribution in [1.29, 1.82) is 0 Å². The van der Waals surface area contributed by atoms with Gasteiger partial charge in [-0.25, -0.2) is 13.8 Å². The van der Waals surface area contributed by atoms with Crippen LogP contribution < -0.4 is 5.43 Å². The lowest BCUT2D eigenvalue weighted by molar-refractivity contribution is -0.121. The average Bonchev–Trinajstić information content (AvgIpc) is 2.75. The van der Waals surface area contributed by atoms with E-state index < -0.39 is 15.9 Å². The molecular formula is C24H25N3O3S. The Hall–Kier alpha value is -3.29. The van der Waals surface area contributed by atoms with E-state index >= 15 is 0 Å². The number of sulfonamides is 1. The van der Waals surface area contributed by atoms with Gasteiger partial charge < -0.3 is 0 Å². The van der Waals surface area contributed by atoms with Gasteiger partial charge in [-0.2, -0.15) is 9.41 Å². The lowest BCUT2D eigenvalue weighted by Gasteiger charge is -2.21. The van der Waals surface area contributed by atoms with Gasteiger partial charge in [0.1, 0.15) is 0 Å². The summed E-state index contributed by atoms with van der Waals surface area (Å²) in [5.41, 5.74) is 6.21. The molecule has 7 heteroatoms. The van der Waals surface area contributed by atoms with E-state index in [1.54, 1.807) is 18.2 Å². The van der Waals surface area contributed by atoms with Gasteiger partial charge in [0.15, 0.2) is 0 Å². The maximum absolute atomic E-state index is 13.2. The second-order valence-corrected chi connectivity index (χ2v) is 9.22. The fraction of sp³-hybridized carbons (Fsp3) is 0.167. The van der Waals surface area contributed by atoms with Crippen LogP contribution in [0.1, 0.15) is 22.3 Å². The van der Waals surface area contributed by atoms with Crippen LogP contribution in [0.25, 0.3) is 0 Å². The van der Waals surface area contributed by atoms with Crippen LogP contribution in [0.4, 0.5) is 0 Å². The Bertz CT molecular complexity index is 1160. The van der Waals surface area contributed by atoms with Crippen molar-refractivity contribution in [1.82, 2.24) is 9.73 Å². The normalized spacial score (nSPS) is 11.7. The van der Waals surface area contributed by atoms with Crippen molar-refractivity contribution in [2.24, 2.45) is 5.10 Å². The van der Waals surface area contributed by atoms with Gasteiger partial charge >= 0.3 is 0 Å². The molecule has 0 bridgehead atoms. The van der Waals surface area contributed by atoms with E-state index in [9.17, 15) is 13.2 Å². The van der Waals surface area contributed by atoms with E-state index in [0.29, 0.717) is 0 Å². The second kappa shape index (κ2) is 10.1. The average molecular weight is 436 g/mol. The molecule has 6 nitrogen and oxygen atoms in total.